The second-order valence-corrected chi connectivity index (χ2v) is 3.89. The number of amides is 1. The summed E-state index contributed by atoms with van der Waals surface area (Å²) in [5.74, 6) is 0.227. The van der Waals surface area contributed by atoms with Gasteiger partial charge in [-0.15, -0.1) is 0 Å². The number of carbonyl (C=O) groups is 1. The Morgan fingerprint density at radius 1 is 1.44 bits per heavy atom. The number of methoxy groups -OCH3 is 1. The van der Waals surface area contributed by atoms with E-state index in [1.165, 1.54) is 0 Å². The molecule has 0 aliphatic carbocycles. The van der Waals surface area contributed by atoms with Crippen LogP contribution in [0, 0.1) is 5.92 Å². The Balaban J connectivity index is 2.43. The van der Waals surface area contributed by atoms with Crippen LogP contribution in [0.5, 0.6) is 0 Å². The van der Waals surface area contributed by atoms with Gasteiger partial charge in [-0.05, 0) is 30.2 Å². The molecule has 1 aromatic rings. The van der Waals surface area contributed by atoms with E-state index in [9.17, 15) is 4.79 Å². The average Bonchev–Trinajstić information content (AvgIpc) is 2.27. The van der Waals surface area contributed by atoms with Crippen LogP contribution >= 0.6 is 0 Å². The van der Waals surface area contributed by atoms with Crippen molar-refractivity contribution < 1.29 is 9.53 Å². The summed E-state index contributed by atoms with van der Waals surface area (Å²) in [6.07, 6.45) is 0. The lowest BCUT2D eigenvalue weighted by molar-refractivity contribution is 0.0934. The van der Waals surface area contributed by atoms with Crippen LogP contribution < -0.4 is 11.1 Å². The van der Waals surface area contributed by atoms with Crippen LogP contribution in [0.4, 0.5) is 5.69 Å². The molecule has 4 heteroatoms. The van der Waals surface area contributed by atoms with Crippen molar-refractivity contribution in [3.63, 3.8) is 0 Å². The molecule has 16 heavy (non-hydrogen) atoms. The third kappa shape index (κ3) is 3.90. The number of hydrogen-bond acceptors (Lipinski definition) is 3. The SMILES string of the molecule is COCC(C)CNC(=O)c1ccc(N)cc1. The summed E-state index contributed by atoms with van der Waals surface area (Å²) in [5, 5.41) is 2.84. The number of rotatable bonds is 5. The van der Waals surface area contributed by atoms with Gasteiger partial charge >= 0.3 is 0 Å². The molecule has 4 nitrogen and oxygen atoms in total. The lowest BCUT2D eigenvalue weighted by Gasteiger charge is -2.11. The van der Waals surface area contributed by atoms with Gasteiger partial charge in [-0.25, -0.2) is 0 Å². The topological polar surface area (TPSA) is 64.3 Å². The fraction of sp³-hybridized carbons (Fsp3) is 0.417. The number of nitrogens with one attached hydrogen (secondary N) is 1. The van der Waals surface area contributed by atoms with Crippen molar-refractivity contribution in [1.82, 2.24) is 5.32 Å². The number of carbonyl (C=O) groups excluding carboxylic acids is 1. The number of nitrogen functional groups attached to an aromatic ring is 1. The summed E-state index contributed by atoms with van der Waals surface area (Å²) >= 11 is 0. The maximum absolute atomic E-state index is 11.7. The molecule has 0 saturated heterocycles. The average molecular weight is 222 g/mol. The highest BCUT2D eigenvalue weighted by atomic mass is 16.5. The van der Waals surface area contributed by atoms with Gasteiger partial charge in [-0.1, -0.05) is 6.92 Å². The highest BCUT2D eigenvalue weighted by molar-refractivity contribution is 5.94. The second-order valence-electron chi connectivity index (χ2n) is 3.89. The zero-order valence-corrected chi connectivity index (χ0v) is 9.69. The van der Waals surface area contributed by atoms with Gasteiger partial charge in [-0.2, -0.15) is 0 Å². The standard InChI is InChI=1S/C12H18N2O2/c1-9(8-16-2)7-14-12(15)10-3-5-11(13)6-4-10/h3-6,9H,7-8,13H2,1-2H3,(H,14,15). The van der Waals surface area contributed by atoms with E-state index in [1.807, 2.05) is 6.92 Å². The van der Waals surface area contributed by atoms with Crippen molar-refractivity contribution >= 4 is 11.6 Å². The Kier molecular flexibility index (Phi) is 4.79. The number of ether oxygens (including phenoxy) is 1. The van der Waals surface area contributed by atoms with Gasteiger partial charge in [0, 0.05) is 24.9 Å². The van der Waals surface area contributed by atoms with Gasteiger partial charge in [0.25, 0.3) is 5.91 Å². The summed E-state index contributed by atoms with van der Waals surface area (Å²) in [4.78, 5) is 11.7. The predicted molar refractivity (Wildman–Crippen MR) is 64.2 cm³/mol. The lowest BCUT2D eigenvalue weighted by atomic mass is 10.1. The smallest absolute Gasteiger partial charge is 0.251 e. The Labute approximate surface area is 95.8 Å². The molecule has 0 fully saturated rings. The third-order valence-electron chi connectivity index (χ3n) is 2.24. The van der Waals surface area contributed by atoms with Crippen LogP contribution in [0.15, 0.2) is 24.3 Å². The zero-order valence-electron chi connectivity index (χ0n) is 9.69. The molecule has 1 amide bonds. The van der Waals surface area contributed by atoms with Gasteiger partial charge in [0.05, 0.1) is 6.61 Å². The highest BCUT2D eigenvalue weighted by Crippen LogP contribution is 2.05. The number of benzene rings is 1. The number of anilines is 1. The number of nitrogens with two attached hydrogens (primary N) is 1. The lowest BCUT2D eigenvalue weighted by Crippen LogP contribution is -2.29. The first-order chi connectivity index (χ1) is 7.63. The fourth-order valence-corrected chi connectivity index (χ4v) is 1.35. The molecule has 1 rings (SSSR count). The molecule has 0 radical (unpaired) electrons. The minimum atomic E-state index is -0.0806. The first-order valence-corrected chi connectivity index (χ1v) is 5.26. The van der Waals surface area contributed by atoms with Crippen LogP contribution in [0.2, 0.25) is 0 Å². The largest absolute Gasteiger partial charge is 0.399 e. The molecule has 0 spiro atoms. The van der Waals surface area contributed by atoms with E-state index in [1.54, 1.807) is 31.4 Å². The molecule has 88 valence electrons. The van der Waals surface area contributed by atoms with Gasteiger partial charge < -0.3 is 15.8 Å². The Bertz CT molecular complexity index is 335. The summed E-state index contributed by atoms with van der Waals surface area (Å²) in [6.45, 7) is 3.27. The van der Waals surface area contributed by atoms with Gasteiger partial charge in [0.2, 0.25) is 0 Å². The Morgan fingerprint density at radius 2 is 2.06 bits per heavy atom. The van der Waals surface area contributed by atoms with Crippen molar-refractivity contribution in [2.45, 2.75) is 6.92 Å². The van der Waals surface area contributed by atoms with E-state index >= 15 is 0 Å². The first kappa shape index (κ1) is 12.5. The van der Waals surface area contributed by atoms with Crippen LogP contribution in [0.25, 0.3) is 0 Å². The molecule has 1 unspecified atom stereocenters. The molecule has 1 aromatic carbocycles. The van der Waals surface area contributed by atoms with E-state index < -0.39 is 0 Å². The fourth-order valence-electron chi connectivity index (χ4n) is 1.35. The maximum atomic E-state index is 11.7. The van der Waals surface area contributed by atoms with E-state index in [4.69, 9.17) is 10.5 Å². The third-order valence-corrected chi connectivity index (χ3v) is 2.24. The number of hydrogen-bond donors (Lipinski definition) is 2. The van der Waals surface area contributed by atoms with Crippen LogP contribution in [0.3, 0.4) is 0 Å². The van der Waals surface area contributed by atoms with Crippen molar-refractivity contribution in [2.75, 3.05) is 26.0 Å². The maximum Gasteiger partial charge on any atom is 0.251 e. The van der Waals surface area contributed by atoms with E-state index in [2.05, 4.69) is 5.32 Å². The Morgan fingerprint density at radius 3 is 2.62 bits per heavy atom. The van der Waals surface area contributed by atoms with Gasteiger partial charge in [0.1, 0.15) is 0 Å². The Hall–Kier alpha value is -1.55. The van der Waals surface area contributed by atoms with Crippen LogP contribution in [-0.2, 0) is 4.74 Å². The monoisotopic (exact) mass is 222 g/mol. The molecule has 0 aliphatic rings. The summed E-state index contributed by atoms with van der Waals surface area (Å²) in [6, 6.07) is 6.86. The molecule has 0 heterocycles. The quantitative estimate of drug-likeness (QED) is 0.738. The summed E-state index contributed by atoms with van der Waals surface area (Å²) in [5.41, 5.74) is 6.82. The minimum absolute atomic E-state index is 0.0806. The van der Waals surface area contributed by atoms with E-state index in [0.29, 0.717) is 30.3 Å². The van der Waals surface area contributed by atoms with Crippen molar-refractivity contribution in [2.24, 2.45) is 5.92 Å². The minimum Gasteiger partial charge on any atom is -0.399 e. The molecular formula is C12H18N2O2. The van der Waals surface area contributed by atoms with Crippen molar-refractivity contribution in [3.05, 3.63) is 29.8 Å². The summed E-state index contributed by atoms with van der Waals surface area (Å²) < 4.78 is 4.99. The predicted octanol–water partition coefficient (Wildman–Crippen LogP) is 1.28. The van der Waals surface area contributed by atoms with E-state index in [-0.39, 0.29) is 5.91 Å². The normalized spacial score (nSPS) is 12.1. The molecule has 0 aromatic heterocycles. The highest BCUT2D eigenvalue weighted by Gasteiger charge is 2.07. The second kappa shape index (κ2) is 6.12. The van der Waals surface area contributed by atoms with Crippen molar-refractivity contribution in [1.29, 1.82) is 0 Å². The molecule has 3 N–H and O–H groups in total. The zero-order chi connectivity index (χ0) is 12.0. The molecule has 1 atom stereocenters. The van der Waals surface area contributed by atoms with Crippen LogP contribution in [-0.4, -0.2) is 26.2 Å². The molecule has 0 saturated carbocycles. The molecular weight excluding hydrogens is 204 g/mol. The molecule has 0 bridgehead atoms. The van der Waals surface area contributed by atoms with Crippen LogP contribution in [0.1, 0.15) is 17.3 Å². The van der Waals surface area contributed by atoms with Gasteiger partial charge in [-0.3, -0.25) is 4.79 Å². The molecule has 0 aliphatic heterocycles. The van der Waals surface area contributed by atoms with E-state index in [0.717, 1.165) is 0 Å². The van der Waals surface area contributed by atoms with Gasteiger partial charge in [0.15, 0.2) is 0 Å². The summed E-state index contributed by atoms with van der Waals surface area (Å²) in [7, 11) is 1.65. The van der Waals surface area contributed by atoms with Crippen molar-refractivity contribution in [3.8, 4) is 0 Å². The first-order valence-electron chi connectivity index (χ1n) is 5.26.